The largest absolute Gasteiger partial charge is 0.378 e. The van der Waals surface area contributed by atoms with Crippen LogP contribution in [0, 0.1) is 13.8 Å². The third kappa shape index (κ3) is 3.03. The van der Waals surface area contributed by atoms with Crippen molar-refractivity contribution in [1.29, 1.82) is 0 Å². The molecule has 0 aromatic heterocycles. The molecule has 1 saturated heterocycles. The predicted molar refractivity (Wildman–Crippen MR) is 75.0 cm³/mol. The first-order chi connectivity index (χ1) is 8.58. The lowest BCUT2D eigenvalue weighted by molar-refractivity contribution is 0.0564. The zero-order valence-corrected chi connectivity index (χ0v) is 12.2. The van der Waals surface area contributed by atoms with Gasteiger partial charge in [-0.25, -0.2) is 4.79 Å². The van der Waals surface area contributed by atoms with Crippen LogP contribution >= 0.6 is 15.9 Å². The van der Waals surface area contributed by atoms with Crippen LogP contribution in [-0.4, -0.2) is 37.2 Å². The van der Waals surface area contributed by atoms with Gasteiger partial charge in [0.1, 0.15) is 0 Å². The molecule has 1 N–H and O–H groups in total. The lowest BCUT2D eigenvalue weighted by Gasteiger charge is -2.27. The van der Waals surface area contributed by atoms with Crippen LogP contribution in [0.2, 0.25) is 0 Å². The Kier molecular flexibility index (Phi) is 4.24. The van der Waals surface area contributed by atoms with Crippen molar-refractivity contribution in [3.05, 3.63) is 27.7 Å². The summed E-state index contributed by atoms with van der Waals surface area (Å²) >= 11 is 3.52. The van der Waals surface area contributed by atoms with Crippen molar-refractivity contribution in [2.75, 3.05) is 31.6 Å². The molecule has 2 amide bonds. The number of amides is 2. The number of morpholine rings is 1. The van der Waals surface area contributed by atoms with Gasteiger partial charge < -0.3 is 15.0 Å². The number of nitrogens with zero attached hydrogens (tertiary/aromatic N) is 1. The van der Waals surface area contributed by atoms with Crippen LogP contribution in [0.1, 0.15) is 11.1 Å². The number of hydrogen-bond acceptors (Lipinski definition) is 2. The highest BCUT2D eigenvalue weighted by molar-refractivity contribution is 9.10. The number of ether oxygens (including phenoxy) is 1. The molecule has 4 nitrogen and oxygen atoms in total. The standard InChI is InChI=1S/C13H17BrN2O2/c1-9-7-11(8-10(2)12(9)14)15-13(17)16-3-5-18-6-4-16/h7-8H,3-6H2,1-2H3,(H,15,17). The number of halogens is 1. The Hall–Kier alpha value is -1.07. The monoisotopic (exact) mass is 312 g/mol. The topological polar surface area (TPSA) is 41.6 Å². The number of aryl methyl sites for hydroxylation is 2. The van der Waals surface area contributed by atoms with E-state index in [0.717, 1.165) is 21.3 Å². The molecule has 18 heavy (non-hydrogen) atoms. The Morgan fingerprint density at radius 2 is 1.83 bits per heavy atom. The van der Waals surface area contributed by atoms with Crippen LogP contribution in [0.25, 0.3) is 0 Å². The van der Waals surface area contributed by atoms with E-state index >= 15 is 0 Å². The van der Waals surface area contributed by atoms with Crippen molar-refractivity contribution in [2.45, 2.75) is 13.8 Å². The summed E-state index contributed by atoms with van der Waals surface area (Å²) in [5.74, 6) is 0. The highest BCUT2D eigenvalue weighted by Crippen LogP contribution is 2.25. The predicted octanol–water partition coefficient (Wildman–Crippen LogP) is 2.93. The van der Waals surface area contributed by atoms with E-state index in [1.807, 2.05) is 26.0 Å². The van der Waals surface area contributed by atoms with Crippen molar-refractivity contribution in [2.24, 2.45) is 0 Å². The normalized spacial score (nSPS) is 15.6. The summed E-state index contributed by atoms with van der Waals surface area (Å²) in [6.07, 6.45) is 0. The summed E-state index contributed by atoms with van der Waals surface area (Å²) in [6.45, 7) is 6.57. The minimum atomic E-state index is -0.0561. The van der Waals surface area contributed by atoms with Gasteiger partial charge in [0.25, 0.3) is 0 Å². The minimum absolute atomic E-state index is 0.0561. The molecule has 1 aliphatic rings. The maximum atomic E-state index is 12.0. The molecule has 0 radical (unpaired) electrons. The fourth-order valence-electron chi connectivity index (χ4n) is 1.99. The Morgan fingerprint density at radius 1 is 1.28 bits per heavy atom. The van der Waals surface area contributed by atoms with Gasteiger partial charge >= 0.3 is 6.03 Å². The molecule has 1 heterocycles. The fraction of sp³-hybridized carbons (Fsp3) is 0.462. The van der Waals surface area contributed by atoms with Gasteiger partial charge in [0.15, 0.2) is 0 Å². The third-order valence-electron chi connectivity index (χ3n) is 2.99. The number of carbonyl (C=O) groups is 1. The molecular weight excluding hydrogens is 296 g/mol. The van der Waals surface area contributed by atoms with Gasteiger partial charge in [-0.2, -0.15) is 0 Å². The Labute approximate surface area is 115 Å². The molecular formula is C13H17BrN2O2. The zero-order chi connectivity index (χ0) is 13.1. The number of urea groups is 1. The van der Waals surface area contributed by atoms with E-state index in [9.17, 15) is 4.79 Å². The van der Waals surface area contributed by atoms with Crippen LogP contribution in [0.3, 0.4) is 0 Å². The second-order valence-corrected chi connectivity index (χ2v) is 5.25. The molecule has 0 bridgehead atoms. The fourth-order valence-corrected chi connectivity index (χ4v) is 2.22. The van der Waals surface area contributed by atoms with Gasteiger partial charge in [-0.15, -0.1) is 0 Å². The van der Waals surface area contributed by atoms with Gasteiger partial charge in [-0.3, -0.25) is 0 Å². The third-order valence-corrected chi connectivity index (χ3v) is 4.24. The zero-order valence-electron chi connectivity index (χ0n) is 10.6. The van der Waals surface area contributed by atoms with Gasteiger partial charge in [0.05, 0.1) is 13.2 Å². The van der Waals surface area contributed by atoms with Gasteiger partial charge in [-0.05, 0) is 37.1 Å². The van der Waals surface area contributed by atoms with E-state index in [0.29, 0.717) is 26.3 Å². The molecule has 1 aliphatic heterocycles. The number of benzene rings is 1. The number of carbonyl (C=O) groups excluding carboxylic acids is 1. The van der Waals surface area contributed by atoms with Crippen molar-refractivity contribution in [1.82, 2.24) is 4.90 Å². The molecule has 5 heteroatoms. The molecule has 0 spiro atoms. The van der Waals surface area contributed by atoms with Crippen LogP contribution in [0.4, 0.5) is 10.5 Å². The molecule has 0 aliphatic carbocycles. The SMILES string of the molecule is Cc1cc(NC(=O)N2CCOCC2)cc(C)c1Br. The van der Waals surface area contributed by atoms with Crippen LogP contribution in [0.5, 0.6) is 0 Å². The summed E-state index contributed by atoms with van der Waals surface area (Å²) in [4.78, 5) is 13.8. The van der Waals surface area contributed by atoms with E-state index < -0.39 is 0 Å². The first-order valence-electron chi connectivity index (χ1n) is 5.98. The Bertz CT molecular complexity index is 433. The Balaban J connectivity index is 2.06. The molecule has 98 valence electrons. The Morgan fingerprint density at radius 3 is 2.39 bits per heavy atom. The maximum absolute atomic E-state index is 12.0. The smallest absolute Gasteiger partial charge is 0.321 e. The molecule has 0 atom stereocenters. The average Bonchev–Trinajstić information content (AvgIpc) is 2.37. The second-order valence-electron chi connectivity index (χ2n) is 4.45. The summed E-state index contributed by atoms with van der Waals surface area (Å²) in [5.41, 5.74) is 3.07. The lowest BCUT2D eigenvalue weighted by atomic mass is 10.1. The minimum Gasteiger partial charge on any atom is -0.378 e. The van der Waals surface area contributed by atoms with E-state index in [2.05, 4.69) is 21.2 Å². The summed E-state index contributed by atoms with van der Waals surface area (Å²) in [7, 11) is 0. The van der Waals surface area contributed by atoms with Crippen molar-refractivity contribution >= 4 is 27.6 Å². The number of nitrogens with one attached hydrogen (secondary N) is 1. The van der Waals surface area contributed by atoms with Crippen LogP contribution < -0.4 is 5.32 Å². The van der Waals surface area contributed by atoms with E-state index in [-0.39, 0.29) is 6.03 Å². The molecule has 1 aromatic rings. The van der Waals surface area contributed by atoms with Crippen LogP contribution in [-0.2, 0) is 4.74 Å². The van der Waals surface area contributed by atoms with E-state index in [1.54, 1.807) is 4.90 Å². The summed E-state index contributed by atoms with van der Waals surface area (Å²) < 4.78 is 6.32. The highest BCUT2D eigenvalue weighted by Gasteiger charge is 2.17. The van der Waals surface area contributed by atoms with E-state index in [4.69, 9.17) is 4.74 Å². The number of anilines is 1. The first kappa shape index (κ1) is 13.4. The van der Waals surface area contributed by atoms with Crippen molar-refractivity contribution in [3.8, 4) is 0 Å². The average molecular weight is 313 g/mol. The molecule has 2 rings (SSSR count). The maximum Gasteiger partial charge on any atom is 0.321 e. The first-order valence-corrected chi connectivity index (χ1v) is 6.77. The van der Waals surface area contributed by atoms with Crippen LogP contribution in [0.15, 0.2) is 16.6 Å². The second kappa shape index (κ2) is 5.71. The van der Waals surface area contributed by atoms with Gasteiger partial charge in [0, 0.05) is 23.2 Å². The van der Waals surface area contributed by atoms with E-state index in [1.165, 1.54) is 0 Å². The van der Waals surface area contributed by atoms with Crippen molar-refractivity contribution in [3.63, 3.8) is 0 Å². The molecule has 0 unspecified atom stereocenters. The quantitative estimate of drug-likeness (QED) is 0.866. The highest BCUT2D eigenvalue weighted by atomic mass is 79.9. The van der Waals surface area contributed by atoms with Crippen molar-refractivity contribution < 1.29 is 9.53 Å². The van der Waals surface area contributed by atoms with Gasteiger partial charge in [0.2, 0.25) is 0 Å². The van der Waals surface area contributed by atoms with Gasteiger partial charge in [-0.1, -0.05) is 15.9 Å². The summed E-state index contributed by atoms with van der Waals surface area (Å²) in [6, 6.07) is 3.88. The molecule has 1 aromatic carbocycles. The number of hydrogen-bond donors (Lipinski definition) is 1. The lowest BCUT2D eigenvalue weighted by Crippen LogP contribution is -2.43. The molecule has 0 saturated carbocycles. The number of rotatable bonds is 1. The molecule has 1 fully saturated rings. The summed E-state index contributed by atoms with van der Waals surface area (Å²) in [5, 5.41) is 2.93.